The molecule has 0 spiro atoms. The highest BCUT2D eigenvalue weighted by atomic mass is 35.5. The molecule has 0 amide bonds. The SMILES string of the molecule is Nc1ccc(SCc2ccc(Cl)cc2)nc1N. The number of thioether (sulfide) groups is 1. The number of benzene rings is 1. The zero-order valence-electron chi connectivity index (χ0n) is 9.06. The largest absolute Gasteiger partial charge is 0.396 e. The predicted molar refractivity (Wildman–Crippen MR) is 74.1 cm³/mol. The number of nitrogens with two attached hydrogens (primary N) is 2. The molecule has 2 aromatic rings. The Hall–Kier alpha value is -1.39. The molecular formula is C12H12ClN3S. The van der Waals surface area contributed by atoms with Gasteiger partial charge in [-0.2, -0.15) is 0 Å². The number of nitrogen functional groups attached to an aromatic ring is 2. The summed E-state index contributed by atoms with van der Waals surface area (Å²) in [6, 6.07) is 11.4. The number of rotatable bonds is 3. The van der Waals surface area contributed by atoms with Gasteiger partial charge in [0.1, 0.15) is 5.82 Å². The van der Waals surface area contributed by atoms with Gasteiger partial charge in [0.15, 0.2) is 0 Å². The maximum atomic E-state index is 5.82. The van der Waals surface area contributed by atoms with Gasteiger partial charge in [-0.15, -0.1) is 11.8 Å². The van der Waals surface area contributed by atoms with Crippen molar-refractivity contribution in [3.63, 3.8) is 0 Å². The number of pyridine rings is 1. The van der Waals surface area contributed by atoms with Crippen LogP contribution in [0.3, 0.4) is 0 Å². The summed E-state index contributed by atoms with van der Waals surface area (Å²) in [7, 11) is 0. The van der Waals surface area contributed by atoms with Gasteiger partial charge in [-0.25, -0.2) is 4.98 Å². The minimum atomic E-state index is 0.381. The topological polar surface area (TPSA) is 64.9 Å². The molecule has 1 heterocycles. The minimum Gasteiger partial charge on any atom is -0.396 e. The zero-order chi connectivity index (χ0) is 12.3. The van der Waals surface area contributed by atoms with Crippen LogP contribution < -0.4 is 11.5 Å². The van der Waals surface area contributed by atoms with Crippen LogP contribution in [-0.2, 0) is 5.75 Å². The van der Waals surface area contributed by atoms with Crippen LogP contribution in [0.15, 0.2) is 41.4 Å². The van der Waals surface area contributed by atoms with Crippen molar-refractivity contribution < 1.29 is 0 Å². The van der Waals surface area contributed by atoms with E-state index >= 15 is 0 Å². The quantitative estimate of drug-likeness (QED) is 0.837. The number of aromatic nitrogens is 1. The molecule has 1 aromatic carbocycles. The number of nitrogens with zero attached hydrogens (tertiary/aromatic N) is 1. The fourth-order valence-electron chi connectivity index (χ4n) is 1.29. The number of anilines is 2. The Balaban J connectivity index is 2.02. The smallest absolute Gasteiger partial charge is 0.147 e. The van der Waals surface area contributed by atoms with Gasteiger partial charge in [0.25, 0.3) is 0 Å². The Morgan fingerprint density at radius 1 is 1.06 bits per heavy atom. The summed E-state index contributed by atoms with van der Waals surface area (Å²) in [6.45, 7) is 0. The number of hydrogen-bond donors (Lipinski definition) is 2. The monoisotopic (exact) mass is 265 g/mol. The molecule has 0 radical (unpaired) electrons. The van der Waals surface area contributed by atoms with Crippen molar-refractivity contribution in [3.8, 4) is 0 Å². The molecule has 0 saturated carbocycles. The maximum absolute atomic E-state index is 5.82. The first kappa shape index (κ1) is 12.1. The van der Waals surface area contributed by atoms with E-state index in [1.165, 1.54) is 5.56 Å². The summed E-state index contributed by atoms with van der Waals surface area (Å²) < 4.78 is 0. The molecule has 17 heavy (non-hydrogen) atoms. The Morgan fingerprint density at radius 2 is 1.76 bits per heavy atom. The van der Waals surface area contributed by atoms with Crippen molar-refractivity contribution in [2.24, 2.45) is 0 Å². The molecule has 0 saturated heterocycles. The second-order valence-corrected chi connectivity index (χ2v) is 4.97. The van der Waals surface area contributed by atoms with E-state index in [1.54, 1.807) is 17.8 Å². The van der Waals surface area contributed by atoms with Gasteiger partial charge in [0.05, 0.1) is 10.7 Å². The average molecular weight is 266 g/mol. The van der Waals surface area contributed by atoms with E-state index in [0.717, 1.165) is 15.8 Å². The Labute approximate surface area is 109 Å². The van der Waals surface area contributed by atoms with Crippen molar-refractivity contribution in [3.05, 3.63) is 47.0 Å². The van der Waals surface area contributed by atoms with Crippen LogP contribution >= 0.6 is 23.4 Å². The van der Waals surface area contributed by atoms with E-state index in [4.69, 9.17) is 23.1 Å². The summed E-state index contributed by atoms with van der Waals surface area (Å²) in [6.07, 6.45) is 0. The lowest BCUT2D eigenvalue weighted by Crippen LogP contribution is -1.98. The Bertz CT molecular complexity index is 514. The third-order valence-electron chi connectivity index (χ3n) is 2.23. The number of halogens is 1. The van der Waals surface area contributed by atoms with Crippen molar-refractivity contribution in [2.45, 2.75) is 10.8 Å². The van der Waals surface area contributed by atoms with E-state index in [1.807, 2.05) is 30.3 Å². The molecule has 0 aliphatic rings. The molecular weight excluding hydrogens is 254 g/mol. The third-order valence-corrected chi connectivity index (χ3v) is 3.48. The first-order valence-corrected chi connectivity index (χ1v) is 6.41. The summed E-state index contributed by atoms with van der Waals surface area (Å²) in [5, 5.41) is 1.61. The van der Waals surface area contributed by atoms with Gasteiger partial charge < -0.3 is 11.5 Å². The second-order valence-electron chi connectivity index (χ2n) is 3.54. The predicted octanol–water partition coefficient (Wildman–Crippen LogP) is 3.19. The molecule has 0 atom stereocenters. The van der Waals surface area contributed by atoms with Gasteiger partial charge in [-0.05, 0) is 29.8 Å². The van der Waals surface area contributed by atoms with Gasteiger partial charge in [-0.1, -0.05) is 23.7 Å². The summed E-state index contributed by atoms with van der Waals surface area (Å²) >= 11 is 7.43. The fraction of sp³-hybridized carbons (Fsp3) is 0.0833. The van der Waals surface area contributed by atoms with Crippen LogP contribution in [-0.4, -0.2) is 4.98 Å². The van der Waals surface area contributed by atoms with Crippen molar-refractivity contribution in [1.82, 2.24) is 4.98 Å². The molecule has 88 valence electrons. The van der Waals surface area contributed by atoms with Gasteiger partial charge in [0.2, 0.25) is 0 Å². The molecule has 4 N–H and O–H groups in total. The standard InChI is InChI=1S/C12H12ClN3S/c13-9-3-1-8(2-4-9)7-17-11-6-5-10(14)12(15)16-11/h1-6H,7,14H2,(H2,15,16). The normalized spacial score (nSPS) is 10.4. The molecule has 0 fully saturated rings. The van der Waals surface area contributed by atoms with Gasteiger partial charge >= 0.3 is 0 Å². The molecule has 2 rings (SSSR count). The van der Waals surface area contributed by atoms with E-state index < -0.39 is 0 Å². The highest BCUT2D eigenvalue weighted by Crippen LogP contribution is 2.24. The lowest BCUT2D eigenvalue weighted by atomic mass is 10.2. The molecule has 5 heteroatoms. The minimum absolute atomic E-state index is 0.381. The van der Waals surface area contributed by atoms with Crippen LogP contribution in [0.5, 0.6) is 0 Å². The molecule has 3 nitrogen and oxygen atoms in total. The maximum Gasteiger partial charge on any atom is 0.147 e. The van der Waals surface area contributed by atoms with E-state index in [0.29, 0.717) is 11.5 Å². The zero-order valence-corrected chi connectivity index (χ0v) is 10.6. The fourth-order valence-corrected chi connectivity index (χ4v) is 2.25. The van der Waals surface area contributed by atoms with Crippen molar-refractivity contribution in [1.29, 1.82) is 0 Å². The van der Waals surface area contributed by atoms with Crippen molar-refractivity contribution >= 4 is 34.9 Å². The van der Waals surface area contributed by atoms with E-state index in [-0.39, 0.29) is 0 Å². The first-order chi connectivity index (χ1) is 8.15. The van der Waals surface area contributed by atoms with Gasteiger partial charge in [0, 0.05) is 10.8 Å². The second kappa shape index (κ2) is 5.29. The number of hydrogen-bond acceptors (Lipinski definition) is 4. The van der Waals surface area contributed by atoms with Crippen LogP contribution in [0.2, 0.25) is 5.02 Å². The van der Waals surface area contributed by atoms with Crippen LogP contribution in [0.25, 0.3) is 0 Å². The average Bonchev–Trinajstić information content (AvgIpc) is 2.33. The highest BCUT2D eigenvalue weighted by Gasteiger charge is 2.01. The Morgan fingerprint density at radius 3 is 2.41 bits per heavy atom. The summed E-state index contributed by atoms with van der Waals surface area (Å²) in [5.41, 5.74) is 12.9. The molecule has 1 aromatic heterocycles. The van der Waals surface area contributed by atoms with Crippen LogP contribution in [0.4, 0.5) is 11.5 Å². The molecule has 0 aliphatic heterocycles. The van der Waals surface area contributed by atoms with Crippen LogP contribution in [0, 0.1) is 0 Å². The van der Waals surface area contributed by atoms with E-state index in [2.05, 4.69) is 4.98 Å². The molecule has 0 aliphatic carbocycles. The lowest BCUT2D eigenvalue weighted by molar-refractivity contribution is 1.14. The van der Waals surface area contributed by atoms with Crippen LogP contribution in [0.1, 0.15) is 5.56 Å². The first-order valence-electron chi connectivity index (χ1n) is 5.04. The van der Waals surface area contributed by atoms with Crippen molar-refractivity contribution in [2.75, 3.05) is 11.5 Å². The van der Waals surface area contributed by atoms with E-state index in [9.17, 15) is 0 Å². The third kappa shape index (κ3) is 3.28. The highest BCUT2D eigenvalue weighted by molar-refractivity contribution is 7.98. The van der Waals surface area contributed by atoms with Gasteiger partial charge in [-0.3, -0.25) is 0 Å². The summed E-state index contributed by atoms with van der Waals surface area (Å²) in [4.78, 5) is 4.20. The molecule has 0 bridgehead atoms. The molecule has 0 unspecified atom stereocenters. The Kier molecular flexibility index (Phi) is 3.76. The lowest BCUT2D eigenvalue weighted by Gasteiger charge is -2.04. The summed E-state index contributed by atoms with van der Waals surface area (Å²) in [5.74, 6) is 1.21.